The van der Waals surface area contributed by atoms with Crippen LogP contribution in [-0.2, 0) is 9.84 Å². The lowest BCUT2D eigenvalue weighted by Gasteiger charge is -2.46. The molecule has 2 fully saturated rings. The van der Waals surface area contributed by atoms with E-state index in [4.69, 9.17) is 11.6 Å². The van der Waals surface area contributed by atoms with Crippen LogP contribution >= 0.6 is 11.6 Å². The number of sulfone groups is 1. The number of rotatable bonds is 2. The van der Waals surface area contributed by atoms with Gasteiger partial charge in [0.2, 0.25) is 0 Å². The lowest BCUT2D eigenvalue weighted by Crippen LogP contribution is -2.53. The molecule has 1 aliphatic carbocycles. The fourth-order valence-electron chi connectivity index (χ4n) is 3.01. The molecule has 1 aromatic rings. The van der Waals surface area contributed by atoms with Crippen molar-refractivity contribution in [1.29, 1.82) is 0 Å². The first-order chi connectivity index (χ1) is 9.02. The van der Waals surface area contributed by atoms with Gasteiger partial charge in [0.15, 0.2) is 9.84 Å². The summed E-state index contributed by atoms with van der Waals surface area (Å²) in [7, 11) is -2.93. The first-order valence-corrected chi connectivity index (χ1v) is 8.50. The van der Waals surface area contributed by atoms with Crippen LogP contribution in [0.15, 0.2) is 12.5 Å². The van der Waals surface area contributed by atoms with Crippen molar-refractivity contribution in [3.8, 4) is 0 Å². The van der Waals surface area contributed by atoms with Crippen molar-refractivity contribution in [3.05, 3.63) is 17.5 Å². The van der Waals surface area contributed by atoms with Gasteiger partial charge in [-0.15, -0.1) is 0 Å². The Bertz CT molecular complexity index is 586. The molecule has 2 aliphatic rings. The number of anilines is 1. The second kappa shape index (κ2) is 4.59. The van der Waals surface area contributed by atoms with Crippen molar-refractivity contribution < 1.29 is 8.42 Å². The zero-order valence-corrected chi connectivity index (χ0v) is 12.0. The molecule has 3 rings (SSSR count). The Balaban J connectivity index is 1.76. The highest BCUT2D eigenvalue weighted by molar-refractivity contribution is 7.92. The zero-order valence-electron chi connectivity index (χ0n) is 10.5. The predicted molar refractivity (Wildman–Crippen MR) is 74.1 cm³/mol. The molecule has 1 spiro atoms. The van der Waals surface area contributed by atoms with Crippen molar-refractivity contribution in [2.24, 2.45) is 0 Å². The summed E-state index contributed by atoms with van der Waals surface area (Å²) in [6.45, 7) is 0. The van der Waals surface area contributed by atoms with Gasteiger partial charge in [0.05, 0.1) is 16.7 Å². The average Bonchev–Trinajstić information content (AvgIpc) is 2.32. The number of hydrogen-bond donors (Lipinski definition) is 1. The Labute approximate surface area is 117 Å². The van der Waals surface area contributed by atoms with E-state index in [0.29, 0.717) is 23.7 Å². The van der Waals surface area contributed by atoms with E-state index in [1.807, 2.05) is 0 Å². The van der Waals surface area contributed by atoms with E-state index in [1.54, 1.807) is 0 Å². The summed E-state index contributed by atoms with van der Waals surface area (Å²) in [5, 5.41) is 3.73. The third-order valence-electron chi connectivity index (χ3n) is 4.29. The molecule has 0 amide bonds. The third-order valence-corrected chi connectivity index (χ3v) is 7.23. The SMILES string of the molecule is O=S1(=O)CCC(Nc2ncncc2Cl)CC12CCC2. The highest BCUT2D eigenvalue weighted by Crippen LogP contribution is 2.47. The largest absolute Gasteiger partial charge is 0.366 e. The van der Waals surface area contributed by atoms with Gasteiger partial charge in [-0.25, -0.2) is 18.4 Å². The van der Waals surface area contributed by atoms with E-state index < -0.39 is 14.6 Å². The maximum absolute atomic E-state index is 12.2. The molecule has 0 aromatic carbocycles. The van der Waals surface area contributed by atoms with E-state index in [-0.39, 0.29) is 11.8 Å². The summed E-state index contributed by atoms with van der Waals surface area (Å²) in [4.78, 5) is 7.93. The monoisotopic (exact) mass is 301 g/mol. The molecular weight excluding hydrogens is 286 g/mol. The number of hydrogen-bond acceptors (Lipinski definition) is 5. The van der Waals surface area contributed by atoms with Gasteiger partial charge in [-0.2, -0.15) is 0 Å². The number of nitrogens with one attached hydrogen (secondary N) is 1. The lowest BCUT2D eigenvalue weighted by molar-refractivity contribution is 0.289. The van der Waals surface area contributed by atoms with E-state index in [9.17, 15) is 8.42 Å². The zero-order chi connectivity index (χ0) is 13.5. The van der Waals surface area contributed by atoms with Gasteiger partial charge in [0, 0.05) is 6.04 Å². The van der Waals surface area contributed by atoms with Crippen LogP contribution in [0.2, 0.25) is 5.02 Å². The molecule has 1 saturated carbocycles. The molecule has 1 atom stereocenters. The van der Waals surface area contributed by atoms with Gasteiger partial charge in [0.1, 0.15) is 17.2 Å². The third kappa shape index (κ3) is 2.21. The lowest BCUT2D eigenvalue weighted by atomic mass is 9.79. The van der Waals surface area contributed by atoms with Crippen molar-refractivity contribution >= 4 is 27.3 Å². The standard InChI is InChI=1S/C12H16ClN3O2S/c13-10-7-14-8-15-11(10)16-9-2-5-19(17,18)12(6-9)3-1-4-12/h7-9H,1-6H2,(H,14,15,16). The fraction of sp³-hybridized carbons (Fsp3) is 0.667. The first-order valence-electron chi connectivity index (χ1n) is 6.47. The maximum Gasteiger partial charge on any atom is 0.156 e. The molecule has 0 radical (unpaired) electrons. The van der Waals surface area contributed by atoms with E-state index in [0.717, 1.165) is 19.3 Å². The molecule has 1 N–H and O–H groups in total. The summed E-state index contributed by atoms with van der Waals surface area (Å²) >= 11 is 6.01. The van der Waals surface area contributed by atoms with Crippen molar-refractivity contribution in [1.82, 2.24) is 9.97 Å². The second-order valence-corrected chi connectivity index (χ2v) is 8.32. The molecule has 7 heteroatoms. The Morgan fingerprint density at radius 3 is 2.84 bits per heavy atom. The first kappa shape index (κ1) is 13.1. The van der Waals surface area contributed by atoms with Gasteiger partial charge in [-0.3, -0.25) is 0 Å². The van der Waals surface area contributed by atoms with Gasteiger partial charge in [-0.05, 0) is 25.7 Å². The molecular formula is C12H16ClN3O2S. The van der Waals surface area contributed by atoms with Crippen LogP contribution in [-0.4, -0.2) is 34.9 Å². The van der Waals surface area contributed by atoms with Crippen LogP contribution in [0.25, 0.3) is 0 Å². The molecule has 1 aliphatic heterocycles. The van der Waals surface area contributed by atoms with Crippen LogP contribution in [0.4, 0.5) is 5.82 Å². The maximum atomic E-state index is 12.2. The number of aromatic nitrogens is 2. The molecule has 5 nitrogen and oxygen atoms in total. The Morgan fingerprint density at radius 1 is 1.42 bits per heavy atom. The minimum absolute atomic E-state index is 0.122. The Kier molecular flexibility index (Phi) is 3.17. The summed E-state index contributed by atoms with van der Waals surface area (Å²) < 4.78 is 23.9. The van der Waals surface area contributed by atoms with Crippen LogP contribution in [0.5, 0.6) is 0 Å². The highest BCUT2D eigenvalue weighted by atomic mass is 35.5. The summed E-state index contributed by atoms with van der Waals surface area (Å²) in [5.74, 6) is 0.850. The second-order valence-electron chi connectivity index (χ2n) is 5.41. The quantitative estimate of drug-likeness (QED) is 0.905. The van der Waals surface area contributed by atoms with Gasteiger partial charge < -0.3 is 5.32 Å². The molecule has 104 valence electrons. The smallest absolute Gasteiger partial charge is 0.156 e. The van der Waals surface area contributed by atoms with Crippen molar-refractivity contribution in [2.45, 2.75) is 42.9 Å². The number of nitrogens with zero attached hydrogens (tertiary/aromatic N) is 2. The summed E-state index contributed by atoms with van der Waals surface area (Å²) in [6.07, 6.45) is 6.86. The molecule has 2 heterocycles. The van der Waals surface area contributed by atoms with Crippen LogP contribution in [0.3, 0.4) is 0 Å². The van der Waals surface area contributed by atoms with E-state index >= 15 is 0 Å². The minimum atomic E-state index is -2.93. The van der Waals surface area contributed by atoms with Crippen molar-refractivity contribution in [3.63, 3.8) is 0 Å². The fourth-order valence-corrected chi connectivity index (χ4v) is 5.57. The van der Waals surface area contributed by atoms with Gasteiger partial charge in [0.25, 0.3) is 0 Å². The van der Waals surface area contributed by atoms with E-state index in [1.165, 1.54) is 12.5 Å². The minimum Gasteiger partial charge on any atom is -0.366 e. The normalized spacial score (nSPS) is 27.7. The molecule has 1 saturated heterocycles. The summed E-state index contributed by atoms with van der Waals surface area (Å²) in [6, 6.07) is 0.122. The number of halogens is 1. The molecule has 0 bridgehead atoms. The Morgan fingerprint density at radius 2 is 2.21 bits per heavy atom. The molecule has 1 aromatic heterocycles. The Hall–Kier alpha value is -0.880. The average molecular weight is 302 g/mol. The molecule has 1 unspecified atom stereocenters. The van der Waals surface area contributed by atoms with Crippen LogP contribution in [0.1, 0.15) is 32.1 Å². The highest BCUT2D eigenvalue weighted by Gasteiger charge is 2.52. The predicted octanol–water partition coefficient (Wildman–Crippen LogP) is 2.04. The van der Waals surface area contributed by atoms with Crippen molar-refractivity contribution in [2.75, 3.05) is 11.1 Å². The van der Waals surface area contributed by atoms with E-state index in [2.05, 4.69) is 15.3 Å². The van der Waals surface area contributed by atoms with Gasteiger partial charge >= 0.3 is 0 Å². The topological polar surface area (TPSA) is 72.0 Å². The molecule has 19 heavy (non-hydrogen) atoms. The van der Waals surface area contributed by atoms with Crippen LogP contribution < -0.4 is 5.32 Å². The summed E-state index contributed by atoms with van der Waals surface area (Å²) in [5.41, 5.74) is 0. The van der Waals surface area contributed by atoms with Gasteiger partial charge in [-0.1, -0.05) is 18.0 Å². The van der Waals surface area contributed by atoms with Crippen LogP contribution in [0, 0.1) is 0 Å².